The first-order valence-corrected chi connectivity index (χ1v) is 9.87. The summed E-state index contributed by atoms with van der Waals surface area (Å²) in [6.07, 6.45) is 2.67. The van der Waals surface area contributed by atoms with Gasteiger partial charge in [-0.3, -0.25) is 0 Å². The number of benzene rings is 2. The van der Waals surface area contributed by atoms with Crippen LogP contribution in [0.5, 0.6) is 0 Å². The lowest BCUT2D eigenvalue weighted by Gasteiger charge is -2.22. The third-order valence-corrected chi connectivity index (χ3v) is 5.28. The molecule has 0 bridgehead atoms. The molecule has 4 rings (SSSR count). The second-order valence-electron chi connectivity index (χ2n) is 6.97. The molecule has 6 nitrogen and oxygen atoms in total. The highest BCUT2D eigenvalue weighted by Gasteiger charge is 2.22. The van der Waals surface area contributed by atoms with Crippen LogP contribution in [-0.2, 0) is 6.42 Å². The zero-order chi connectivity index (χ0) is 19.5. The minimum Gasteiger partial charge on any atom is -0.372 e. The van der Waals surface area contributed by atoms with Crippen LogP contribution in [0, 0.1) is 6.92 Å². The van der Waals surface area contributed by atoms with Gasteiger partial charge in [-0.25, -0.2) is 0 Å². The summed E-state index contributed by atoms with van der Waals surface area (Å²) in [5.41, 5.74) is 5.94. The maximum Gasteiger partial charge on any atom is 0.251 e. The van der Waals surface area contributed by atoms with Gasteiger partial charge in [-0.2, -0.15) is 10.1 Å². The molecule has 0 saturated heterocycles. The van der Waals surface area contributed by atoms with Gasteiger partial charge in [-0.1, -0.05) is 18.2 Å². The van der Waals surface area contributed by atoms with Crippen LogP contribution >= 0.6 is 0 Å². The van der Waals surface area contributed by atoms with Crippen LogP contribution in [0.15, 0.2) is 48.7 Å². The van der Waals surface area contributed by atoms with E-state index in [1.165, 1.54) is 22.5 Å². The molecule has 1 aliphatic heterocycles. The molecule has 0 spiro atoms. The van der Waals surface area contributed by atoms with Gasteiger partial charge < -0.3 is 15.1 Å². The second-order valence-corrected chi connectivity index (χ2v) is 6.97. The van der Waals surface area contributed by atoms with Crippen LogP contribution in [0.1, 0.15) is 25.0 Å². The van der Waals surface area contributed by atoms with Crippen molar-refractivity contribution in [2.75, 3.05) is 34.8 Å². The Balaban J connectivity index is 1.56. The maximum atomic E-state index is 4.71. The average molecular weight is 374 g/mol. The highest BCUT2D eigenvalue weighted by atomic mass is 15.3. The minimum atomic E-state index is 0.632. The fourth-order valence-electron chi connectivity index (χ4n) is 3.73. The predicted molar refractivity (Wildman–Crippen MR) is 115 cm³/mol. The zero-order valence-electron chi connectivity index (χ0n) is 16.7. The van der Waals surface area contributed by atoms with Crippen molar-refractivity contribution in [2.24, 2.45) is 0 Å². The van der Waals surface area contributed by atoms with Gasteiger partial charge in [0.05, 0.1) is 6.20 Å². The van der Waals surface area contributed by atoms with Crippen molar-refractivity contribution in [1.82, 2.24) is 15.2 Å². The van der Waals surface area contributed by atoms with Crippen molar-refractivity contribution in [3.05, 3.63) is 59.8 Å². The molecule has 144 valence electrons. The Morgan fingerprint density at radius 2 is 1.93 bits per heavy atom. The molecule has 1 aliphatic rings. The summed E-state index contributed by atoms with van der Waals surface area (Å²) in [5.74, 6) is 1.33. The van der Waals surface area contributed by atoms with E-state index in [2.05, 4.69) is 82.5 Å². The van der Waals surface area contributed by atoms with E-state index in [0.717, 1.165) is 31.7 Å². The van der Waals surface area contributed by atoms with Crippen LogP contribution in [-0.4, -0.2) is 34.8 Å². The number of rotatable bonds is 6. The van der Waals surface area contributed by atoms with E-state index in [4.69, 9.17) is 4.98 Å². The number of fused-ring (bicyclic) bond motifs is 1. The topological polar surface area (TPSA) is 57.2 Å². The molecule has 0 amide bonds. The lowest BCUT2D eigenvalue weighted by atomic mass is 10.1. The highest BCUT2D eigenvalue weighted by Crippen LogP contribution is 2.32. The molecule has 1 aromatic heterocycles. The van der Waals surface area contributed by atoms with Gasteiger partial charge in [0, 0.05) is 36.7 Å². The third kappa shape index (κ3) is 3.50. The fourth-order valence-corrected chi connectivity index (χ4v) is 3.73. The number of hydrogen-bond acceptors (Lipinski definition) is 6. The largest absolute Gasteiger partial charge is 0.372 e. The van der Waals surface area contributed by atoms with Crippen molar-refractivity contribution in [3.8, 4) is 0 Å². The Morgan fingerprint density at radius 1 is 1.11 bits per heavy atom. The van der Waals surface area contributed by atoms with Crippen molar-refractivity contribution >= 4 is 28.8 Å². The summed E-state index contributed by atoms with van der Waals surface area (Å²) >= 11 is 0. The Labute approximate surface area is 166 Å². The monoisotopic (exact) mass is 374 g/mol. The summed E-state index contributed by atoms with van der Waals surface area (Å²) in [5, 5.41) is 11.8. The SMILES string of the molecule is CCN(CC)c1ccc(Nc2cnnc(N3CCc4ccccc43)n2)c(C)c1. The second kappa shape index (κ2) is 7.84. The van der Waals surface area contributed by atoms with Crippen LogP contribution in [0.4, 0.5) is 28.8 Å². The van der Waals surface area contributed by atoms with Crippen molar-refractivity contribution < 1.29 is 0 Å². The number of para-hydroxylation sites is 1. The lowest BCUT2D eigenvalue weighted by Crippen LogP contribution is -2.21. The van der Waals surface area contributed by atoms with Gasteiger partial charge in [-0.05, 0) is 62.6 Å². The van der Waals surface area contributed by atoms with E-state index in [1.54, 1.807) is 6.20 Å². The van der Waals surface area contributed by atoms with Crippen LogP contribution in [0.2, 0.25) is 0 Å². The van der Waals surface area contributed by atoms with Crippen LogP contribution in [0.25, 0.3) is 0 Å². The van der Waals surface area contributed by atoms with Crippen molar-refractivity contribution in [1.29, 1.82) is 0 Å². The molecule has 2 aromatic carbocycles. The van der Waals surface area contributed by atoms with Gasteiger partial charge in [-0.15, -0.1) is 5.10 Å². The molecule has 3 aromatic rings. The molecule has 28 heavy (non-hydrogen) atoms. The van der Waals surface area contributed by atoms with E-state index in [9.17, 15) is 0 Å². The normalized spacial score (nSPS) is 12.8. The quantitative estimate of drug-likeness (QED) is 0.687. The molecule has 0 saturated carbocycles. The first-order chi connectivity index (χ1) is 13.7. The summed E-state index contributed by atoms with van der Waals surface area (Å²) in [6.45, 7) is 9.34. The molecule has 0 unspecified atom stereocenters. The first-order valence-electron chi connectivity index (χ1n) is 9.87. The Morgan fingerprint density at radius 3 is 2.71 bits per heavy atom. The van der Waals surface area contributed by atoms with Gasteiger partial charge in [0.15, 0.2) is 5.82 Å². The molecule has 1 N–H and O–H groups in total. The fraction of sp³-hybridized carbons (Fsp3) is 0.318. The van der Waals surface area contributed by atoms with E-state index in [0.29, 0.717) is 11.8 Å². The maximum absolute atomic E-state index is 4.71. The number of aryl methyl sites for hydroxylation is 1. The molecular weight excluding hydrogens is 348 g/mol. The number of aromatic nitrogens is 3. The molecule has 6 heteroatoms. The summed E-state index contributed by atoms with van der Waals surface area (Å²) in [7, 11) is 0. The molecule has 2 heterocycles. The summed E-state index contributed by atoms with van der Waals surface area (Å²) in [4.78, 5) is 9.18. The Kier molecular flexibility index (Phi) is 5.10. The average Bonchev–Trinajstić information content (AvgIpc) is 3.15. The first kappa shape index (κ1) is 18.2. The van der Waals surface area contributed by atoms with E-state index in [-0.39, 0.29) is 0 Å². The third-order valence-electron chi connectivity index (χ3n) is 5.28. The summed E-state index contributed by atoms with van der Waals surface area (Å²) < 4.78 is 0. The zero-order valence-corrected chi connectivity index (χ0v) is 16.7. The van der Waals surface area contributed by atoms with E-state index >= 15 is 0 Å². The number of anilines is 5. The Bertz CT molecular complexity index is 967. The number of nitrogens with one attached hydrogen (secondary N) is 1. The van der Waals surface area contributed by atoms with Crippen molar-refractivity contribution in [2.45, 2.75) is 27.2 Å². The van der Waals surface area contributed by atoms with Gasteiger partial charge in [0.25, 0.3) is 5.95 Å². The number of hydrogen-bond donors (Lipinski definition) is 1. The highest BCUT2D eigenvalue weighted by molar-refractivity contribution is 5.68. The van der Waals surface area contributed by atoms with Crippen LogP contribution in [0.3, 0.4) is 0 Å². The molecule has 0 radical (unpaired) electrons. The Hall–Kier alpha value is -3.15. The molecule has 0 fully saturated rings. The van der Waals surface area contributed by atoms with Gasteiger partial charge >= 0.3 is 0 Å². The van der Waals surface area contributed by atoms with Gasteiger partial charge in [0.2, 0.25) is 0 Å². The summed E-state index contributed by atoms with van der Waals surface area (Å²) in [6, 6.07) is 14.9. The van der Waals surface area contributed by atoms with Crippen molar-refractivity contribution in [3.63, 3.8) is 0 Å². The van der Waals surface area contributed by atoms with Gasteiger partial charge in [0.1, 0.15) is 0 Å². The smallest absolute Gasteiger partial charge is 0.251 e. The lowest BCUT2D eigenvalue weighted by molar-refractivity contribution is 0.865. The standard InChI is InChI=1S/C22H26N6/c1-4-27(5-2)18-10-11-19(16(3)14-18)24-21-15-23-26-22(25-21)28-13-12-17-8-6-7-9-20(17)28/h6-11,14-15H,4-5,12-13H2,1-3H3,(H,24,25,26). The van der Waals surface area contributed by atoms with Crippen LogP contribution < -0.4 is 15.1 Å². The van der Waals surface area contributed by atoms with E-state index in [1.807, 2.05) is 6.07 Å². The molecule has 0 aliphatic carbocycles. The minimum absolute atomic E-state index is 0.632. The predicted octanol–water partition coefficient (Wildman–Crippen LogP) is 4.46. The molecular formula is C22H26N6. The number of nitrogens with zero attached hydrogens (tertiary/aromatic N) is 5. The molecule has 0 atom stereocenters. The van der Waals surface area contributed by atoms with E-state index < -0.39 is 0 Å².